The third-order valence-electron chi connectivity index (χ3n) is 3.70. The van der Waals surface area contributed by atoms with E-state index < -0.39 is 11.9 Å². The molecule has 8 nitrogen and oxygen atoms in total. The summed E-state index contributed by atoms with van der Waals surface area (Å²) in [4.78, 5) is 37.3. The Kier molecular flexibility index (Phi) is 5.76. The van der Waals surface area contributed by atoms with E-state index in [4.69, 9.17) is 9.84 Å². The van der Waals surface area contributed by atoms with Gasteiger partial charge in [-0.1, -0.05) is 6.07 Å². The number of nitrogens with one attached hydrogen (secondary N) is 2. The monoisotopic (exact) mass is 347 g/mol. The summed E-state index contributed by atoms with van der Waals surface area (Å²) >= 11 is 0. The highest BCUT2D eigenvalue weighted by molar-refractivity contribution is 6.09. The standard InChI is InChI=1S/C17H21N3O5/c1-10-4-5-13(14(8-10)18-11(2)22)19-15-12(17(24)25-3)9-20(6-7-21)16(15)23/h4-5,8,19,21H,6-7,9H2,1-3H3,(H,18,22). The number of nitrogens with zero attached hydrogens (tertiary/aromatic N) is 1. The van der Waals surface area contributed by atoms with Gasteiger partial charge in [-0.25, -0.2) is 4.79 Å². The Morgan fingerprint density at radius 1 is 1.32 bits per heavy atom. The maximum atomic E-state index is 12.5. The minimum atomic E-state index is -0.621. The number of rotatable bonds is 6. The average molecular weight is 347 g/mol. The Bertz CT molecular complexity index is 742. The maximum absolute atomic E-state index is 12.5. The lowest BCUT2D eigenvalue weighted by molar-refractivity contribution is -0.136. The van der Waals surface area contributed by atoms with Crippen LogP contribution in [0.1, 0.15) is 12.5 Å². The fraction of sp³-hybridized carbons (Fsp3) is 0.353. The van der Waals surface area contributed by atoms with E-state index in [1.807, 2.05) is 13.0 Å². The van der Waals surface area contributed by atoms with Crippen molar-refractivity contribution in [2.45, 2.75) is 13.8 Å². The Balaban J connectivity index is 2.40. The number of hydrogen-bond acceptors (Lipinski definition) is 6. The minimum absolute atomic E-state index is 0.0513. The van der Waals surface area contributed by atoms with Gasteiger partial charge in [0.15, 0.2) is 0 Å². The van der Waals surface area contributed by atoms with Crippen molar-refractivity contribution >= 4 is 29.2 Å². The molecule has 0 saturated carbocycles. The minimum Gasteiger partial charge on any atom is -0.466 e. The van der Waals surface area contributed by atoms with Crippen molar-refractivity contribution in [1.29, 1.82) is 0 Å². The number of hydrogen-bond donors (Lipinski definition) is 3. The zero-order chi connectivity index (χ0) is 18.6. The number of ether oxygens (including phenoxy) is 1. The van der Waals surface area contributed by atoms with Gasteiger partial charge in [-0.2, -0.15) is 0 Å². The van der Waals surface area contributed by atoms with Crippen molar-refractivity contribution in [1.82, 2.24) is 4.90 Å². The molecule has 0 spiro atoms. The molecule has 8 heteroatoms. The van der Waals surface area contributed by atoms with Crippen molar-refractivity contribution in [2.24, 2.45) is 0 Å². The molecule has 25 heavy (non-hydrogen) atoms. The first-order valence-corrected chi connectivity index (χ1v) is 7.74. The molecule has 1 aromatic carbocycles. The summed E-state index contributed by atoms with van der Waals surface area (Å²) in [6.07, 6.45) is 0. The predicted octanol–water partition coefficient (Wildman–Crippen LogP) is 0.627. The second-order valence-corrected chi connectivity index (χ2v) is 5.65. The van der Waals surface area contributed by atoms with E-state index >= 15 is 0 Å². The van der Waals surface area contributed by atoms with Gasteiger partial charge in [0.05, 0.1) is 37.2 Å². The van der Waals surface area contributed by atoms with Gasteiger partial charge in [-0.3, -0.25) is 9.59 Å². The number of benzene rings is 1. The second kappa shape index (κ2) is 7.80. The Morgan fingerprint density at radius 2 is 2.04 bits per heavy atom. The molecule has 0 aliphatic carbocycles. The summed E-state index contributed by atoms with van der Waals surface area (Å²) in [6.45, 7) is 3.20. The topological polar surface area (TPSA) is 108 Å². The number of esters is 1. The molecule has 0 radical (unpaired) electrons. The molecule has 1 aliphatic rings. The molecule has 0 bridgehead atoms. The molecule has 0 unspecified atom stereocenters. The van der Waals surface area contributed by atoms with Gasteiger partial charge in [-0.05, 0) is 24.6 Å². The second-order valence-electron chi connectivity index (χ2n) is 5.65. The molecule has 0 saturated heterocycles. The molecule has 0 fully saturated rings. The van der Waals surface area contributed by atoms with Gasteiger partial charge >= 0.3 is 5.97 Å². The van der Waals surface area contributed by atoms with E-state index in [9.17, 15) is 14.4 Å². The fourth-order valence-electron chi connectivity index (χ4n) is 2.54. The molecule has 2 amide bonds. The van der Waals surface area contributed by atoms with Gasteiger partial charge in [-0.15, -0.1) is 0 Å². The smallest absolute Gasteiger partial charge is 0.337 e. The summed E-state index contributed by atoms with van der Waals surface area (Å²) in [6, 6.07) is 5.29. The number of β-amino-alcohol motifs (C(OH)–C–C–N with tert-alkyl or cyclic N) is 1. The summed E-state index contributed by atoms with van der Waals surface area (Å²) in [5, 5.41) is 14.7. The van der Waals surface area contributed by atoms with Gasteiger partial charge in [0.25, 0.3) is 5.91 Å². The first-order chi connectivity index (χ1) is 11.9. The molecule has 1 aliphatic heterocycles. The first-order valence-electron chi connectivity index (χ1n) is 7.74. The fourth-order valence-corrected chi connectivity index (χ4v) is 2.54. The van der Waals surface area contributed by atoms with Crippen molar-refractivity contribution in [3.05, 3.63) is 35.0 Å². The number of aliphatic hydroxyl groups is 1. The van der Waals surface area contributed by atoms with Crippen LogP contribution in [-0.4, -0.2) is 54.6 Å². The number of amides is 2. The van der Waals surface area contributed by atoms with Gasteiger partial charge < -0.3 is 25.4 Å². The molecular weight excluding hydrogens is 326 g/mol. The predicted molar refractivity (Wildman–Crippen MR) is 91.8 cm³/mol. The highest BCUT2D eigenvalue weighted by Crippen LogP contribution is 2.28. The van der Waals surface area contributed by atoms with E-state index in [-0.39, 0.29) is 36.9 Å². The Hall–Kier alpha value is -2.87. The van der Waals surface area contributed by atoms with Crippen molar-refractivity contribution in [2.75, 3.05) is 37.4 Å². The van der Waals surface area contributed by atoms with Gasteiger partial charge in [0.1, 0.15) is 5.70 Å². The first kappa shape index (κ1) is 18.5. The molecule has 1 heterocycles. The Morgan fingerprint density at radius 3 is 2.64 bits per heavy atom. The summed E-state index contributed by atoms with van der Waals surface area (Å²) in [7, 11) is 1.24. The molecule has 134 valence electrons. The van der Waals surface area contributed by atoms with E-state index in [1.54, 1.807) is 12.1 Å². The third-order valence-corrected chi connectivity index (χ3v) is 3.70. The van der Waals surface area contributed by atoms with Crippen LogP contribution in [-0.2, 0) is 19.1 Å². The van der Waals surface area contributed by atoms with Crippen LogP contribution >= 0.6 is 0 Å². The van der Waals surface area contributed by atoms with E-state index in [2.05, 4.69) is 10.6 Å². The maximum Gasteiger partial charge on any atom is 0.337 e. The van der Waals surface area contributed by atoms with Crippen LogP contribution in [0.2, 0.25) is 0 Å². The summed E-state index contributed by atoms with van der Waals surface area (Å²) in [5.74, 6) is -1.29. The number of anilines is 2. The summed E-state index contributed by atoms with van der Waals surface area (Å²) < 4.78 is 4.74. The Labute approximate surface area is 145 Å². The molecule has 3 N–H and O–H groups in total. The number of aryl methyl sites for hydroxylation is 1. The largest absolute Gasteiger partial charge is 0.466 e. The van der Waals surface area contributed by atoms with Crippen LogP contribution in [0.15, 0.2) is 29.5 Å². The third kappa shape index (κ3) is 4.16. The number of aliphatic hydroxyl groups excluding tert-OH is 1. The molecule has 0 aromatic heterocycles. The van der Waals surface area contributed by atoms with E-state index in [0.717, 1.165) is 5.56 Å². The van der Waals surface area contributed by atoms with Crippen molar-refractivity contribution < 1.29 is 24.2 Å². The van der Waals surface area contributed by atoms with Crippen molar-refractivity contribution in [3.63, 3.8) is 0 Å². The van der Waals surface area contributed by atoms with Crippen LogP contribution in [0.3, 0.4) is 0 Å². The van der Waals surface area contributed by atoms with E-state index in [1.165, 1.54) is 18.9 Å². The molecule has 2 rings (SSSR count). The number of methoxy groups -OCH3 is 1. The molecule has 1 aromatic rings. The highest BCUT2D eigenvalue weighted by Gasteiger charge is 2.34. The average Bonchev–Trinajstić information content (AvgIpc) is 2.86. The zero-order valence-electron chi connectivity index (χ0n) is 14.4. The number of carbonyl (C=O) groups excluding carboxylic acids is 3. The molecular formula is C17H21N3O5. The SMILES string of the molecule is COC(=O)C1=C(Nc2ccc(C)cc2NC(C)=O)C(=O)N(CCO)C1. The highest BCUT2D eigenvalue weighted by atomic mass is 16.5. The normalized spacial score (nSPS) is 13.9. The lowest BCUT2D eigenvalue weighted by atomic mass is 10.1. The number of carbonyl (C=O) groups is 3. The zero-order valence-corrected chi connectivity index (χ0v) is 14.4. The quantitative estimate of drug-likeness (QED) is 0.652. The molecule has 0 atom stereocenters. The van der Waals surface area contributed by atoms with E-state index in [0.29, 0.717) is 11.4 Å². The van der Waals surface area contributed by atoms with Crippen LogP contribution < -0.4 is 10.6 Å². The van der Waals surface area contributed by atoms with Gasteiger partial charge in [0, 0.05) is 13.5 Å². The van der Waals surface area contributed by atoms with Crippen LogP contribution in [0, 0.1) is 6.92 Å². The van der Waals surface area contributed by atoms with Crippen LogP contribution in [0.4, 0.5) is 11.4 Å². The van der Waals surface area contributed by atoms with Gasteiger partial charge in [0.2, 0.25) is 5.91 Å². The van der Waals surface area contributed by atoms with Crippen LogP contribution in [0.25, 0.3) is 0 Å². The van der Waals surface area contributed by atoms with Crippen molar-refractivity contribution in [3.8, 4) is 0 Å². The lowest BCUT2D eigenvalue weighted by Gasteiger charge is -2.16. The lowest BCUT2D eigenvalue weighted by Crippen LogP contribution is -2.31. The van der Waals surface area contributed by atoms with Crippen LogP contribution in [0.5, 0.6) is 0 Å². The summed E-state index contributed by atoms with van der Waals surface area (Å²) in [5.41, 5.74) is 2.16.